The van der Waals surface area contributed by atoms with E-state index < -0.39 is 29.2 Å². The van der Waals surface area contributed by atoms with E-state index in [0.29, 0.717) is 28.1 Å². The molecule has 1 saturated heterocycles. The molecule has 1 amide bonds. The van der Waals surface area contributed by atoms with Crippen LogP contribution in [0.2, 0.25) is 0 Å². The molecule has 0 aromatic carbocycles. The summed E-state index contributed by atoms with van der Waals surface area (Å²) in [6.45, 7) is 0. The summed E-state index contributed by atoms with van der Waals surface area (Å²) >= 11 is 2.65. The molecule has 8 nitrogen and oxygen atoms in total. The fourth-order valence-corrected chi connectivity index (χ4v) is 5.86. The van der Waals surface area contributed by atoms with Crippen LogP contribution in [0.5, 0.6) is 0 Å². The Morgan fingerprint density at radius 3 is 2.77 bits per heavy atom. The summed E-state index contributed by atoms with van der Waals surface area (Å²) in [4.78, 5) is 33.5. The van der Waals surface area contributed by atoms with Gasteiger partial charge in [0, 0.05) is 16.7 Å². The number of hydrogen-bond acceptors (Lipinski definition) is 8. The molecule has 1 saturated carbocycles. The number of aliphatic carboxylic acids is 1. The molecule has 2 fully saturated rings. The van der Waals surface area contributed by atoms with Gasteiger partial charge in [0.15, 0.2) is 11.2 Å². The fraction of sp³-hybridized carbons (Fsp3) is 0.500. The van der Waals surface area contributed by atoms with Gasteiger partial charge in [-0.3, -0.25) is 14.7 Å². The van der Waals surface area contributed by atoms with Crippen molar-refractivity contribution in [2.24, 2.45) is 10.9 Å². The van der Waals surface area contributed by atoms with E-state index in [1.165, 1.54) is 53.3 Å². The minimum absolute atomic E-state index is 0. The molecule has 3 N–H and O–H groups in total. The van der Waals surface area contributed by atoms with E-state index in [0.717, 1.165) is 19.3 Å². The van der Waals surface area contributed by atoms with E-state index in [4.69, 9.17) is 5.73 Å². The number of carbonyl (C=O) groups is 2. The normalized spacial score (nSPS) is 24.7. The van der Waals surface area contributed by atoms with Crippen LogP contribution in [0.3, 0.4) is 0 Å². The molecule has 1 aliphatic carbocycles. The number of aromatic nitrogens is 1. The number of thiazole rings is 1. The number of allylic oxidation sites excluding steroid dienone is 1. The first-order chi connectivity index (χ1) is 14.5. The van der Waals surface area contributed by atoms with Crippen molar-refractivity contribution in [1.82, 2.24) is 9.88 Å². The smallest absolute Gasteiger partial charge is 0.858 e. The number of carboxylic acid groups (broad SMARTS) is 1. The standard InChI is InChI=1S/C20H24N4O4S2.Na/c21-20-22-13(10-30-20)12(7-6-11-4-2-1-3-5-11)16(25)23-15-17(26)24-14(19(27)28)8-9-29-18(15)24;/h7-8,10-11,15,18H,1-6,9H2,(H2,21,22)(H,23,25)(H,27,28);/q;+1/p-1/b12-7-;/t15-,18-;/m1./s1. The molecular weight excluding hydrogens is 447 g/mol. The summed E-state index contributed by atoms with van der Waals surface area (Å²) in [5.41, 5.74) is 6.57. The molecule has 0 spiro atoms. The van der Waals surface area contributed by atoms with Gasteiger partial charge in [0.1, 0.15) is 11.1 Å². The summed E-state index contributed by atoms with van der Waals surface area (Å²) in [5.74, 6) is -1.11. The van der Waals surface area contributed by atoms with Gasteiger partial charge in [0.2, 0.25) is 0 Å². The number of carboxylic acids is 1. The van der Waals surface area contributed by atoms with E-state index in [1.54, 1.807) is 5.38 Å². The summed E-state index contributed by atoms with van der Waals surface area (Å²) in [7, 11) is 0. The number of rotatable bonds is 6. The average molecular weight is 471 g/mol. The number of fused-ring (bicyclic) bond motifs is 1. The molecular formula is C20H23N4NaO4S2. The summed E-state index contributed by atoms with van der Waals surface area (Å²) in [6.07, 6.45) is 10.1. The van der Waals surface area contributed by atoms with Crippen LogP contribution in [0.25, 0.3) is 5.57 Å². The Morgan fingerprint density at radius 2 is 2.13 bits per heavy atom. The molecule has 4 rings (SSSR count). The van der Waals surface area contributed by atoms with Gasteiger partial charge in [-0.1, -0.05) is 38.2 Å². The van der Waals surface area contributed by atoms with Crippen molar-refractivity contribution in [3.63, 3.8) is 0 Å². The summed E-state index contributed by atoms with van der Waals surface area (Å²) in [5, 5.41) is 24.0. The van der Waals surface area contributed by atoms with Crippen molar-refractivity contribution in [1.29, 1.82) is 0 Å². The van der Waals surface area contributed by atoms with E-state index in [9.17, 15) is 19.8 Å². The maximum absolute atomic E-state index is 13.0. The Kier molecular flexibility index (Phi) is 8.25. The number of β-lactam (4-membered cyclic amide) rings is 1. The molecule has 3 aliphatic rings. The van der Waals surface area contributed by atoms with Crippen LogP contribution >= 0.6 is 23.1 Å². The van der Waals surface area contributed by atoms with Crippen molar-refractivity contribution in [3.05, 3.63) is 28.9 Å². The van der Waals surface area contributed by atoms with Crippen molar-refractivity contribution >= 4 is 51.6 Å². The second kappa shape index (κ2) is 10.5. The van der Waals surface area contributed by atoms with Crippen LogP contribution in [0.1, 0.15) is 44.2 Å². The van der Waals surface area contributed by atoms with Crippen LogP contribution in [0.4, 0.5) is 5.13 Å². The largest absolute Gasteiger partial charge is 1.00 e. The zero-order valence-electron chi connectivity index (χ0n) is 17.3. The zero-order valence-corrected chi connectivity index (χ0v) is 21.0. The van der Waals surface area contributed by atoms with E-state index >= 15 is 0 Å². The van der Waals surface area contributed by atoms with Crippen molar-refractivity contribution < 1.29 is 49.4 Å². The van der Waals surface area contributed by atoms with Gasteiger partial charge < -0.3 is 15.9 Å². The van der Waals surface area contributed by atoms with Gasteiger partial charge >= 0.3 is 35.5 Å². The first kappa shape index (κ1) is 24.3. The monoisotopic (exact) mass is 470 g/mol. The Bertz CT molecular complexity index is 939. The minimum atomic E-state index is -1.15. The molecule has 1 aromatic rings. The van der Waals surface area contributed by atoms with Gasteiger partial charge in [-0.2, -0.15) is 0 Å². The number of amides is 1. The average Bonchev–Trinajstić information content (AvgIpc) is 3.18. The molecule has 11 heteroatoms. The first-order valence-corrected chi connectivity index (χ1v) is 11.9. The molecule has 2 atom stereocenters. The molecule has 3 heterocycles. The Balaban J connectivity index is 0.00000272. The van der Waals surface area contributed by atoms with E-state index in [-0.39, 0.29) is 35.3 Å². The second-order valence-electron chi connectivity index (χ2n) is 7.63. The predicted octanol–water partition coefficient (Wildman–Crippen LogP) is -0.906. The zero-order chi connectivity index (χ0) is 21.3. The summed E-state index contributed by atoms with van der Waals surface area (Å²) in [6, 6.07) is -0.875. The molecule has 2 aliphatic heterocycles. The molecule has 160 valence electrons. The van der Waals surface area contributed by atoms with Crippen molar-refractivity contribution in [2.45, 2.75) is 49.9 Å². The second-order valence-corrected chi connectivity index (χ2v) is 9.67. The van der Waals surface area contributed by atoms with Gasteiger partial charge in [-0.05, 0) is 24.3 Å². The number of hydrogen-bond donors (Lipinski definition) is 2. The van der Waals surface area contributed by atoms with E-state index in [1.807, 2.05) is 6.08 Å². The first-order valence-electron chi connectivity index (χ1n) is 10.0. The van der Waals surface area contributed by atoms with Crippen molar-refractivity contribution in [2.75, 3.05) is 11.5 Å². The molecule has 0 radical (unpaired) electrons. The topological polar surface area (TPSA) is 132 Å². The third-order valence-corrected chi connectivity index (χ3v) is 7.55. The molecule has 0 bridgehead atoms. The third kappa shape index (κ3) is 5.19. The van der Waals surface area contributed by atoms with Crippen LogP contribution in [-0.4, -0.2) is 49.9 Å². The number of aliphatic imine (C=N–C) groups is 1. The molecule has 31 heavy (non-hydrogen) atoms. The minimum Gasteiger partial charge on any atom is -0.858 e. The van der Waals surface area contributed by atoms with Crippen molar-refractivity contribution in [3.8, 4) is 0 Å². The third-order valence-electron chi connectivity index (χ3n) is 5.70. The molecule has 0 unspecified atom stereocenters. The molecule has 1 aromatic heterocycles. The summed E-state index contributed by atoms with van der Waals surface area (Å²) < 4.78 is 0. The quantitative estimate of drug-likeness (QED) is 0.238. The number of thioether (sulfide) groups is 1. The van der Waals surface area contributed by atoms with Crippen LogP contribution in [0, 0.1) is 5.92 Å². The maximum atomic E-state index is 13.0. The van der Waals surface area contributed by atoms with Gasteiger partial charge in [0.25, 0.3) is 5.91 Å². The maximum Gasteiger partial charge on any atom is 1.00 e. The fourth-order valence-electron chi connectivity index (χ4n) is 4.12. The van der Waals surface area contributed by atoms with Crippen LogP contribution < -0.4 is 40.4 Å². The SMILES string of the molecule is Nc1nc(/C(=C/CC2CCCCC2)C([O-])=N[C@@H]2C(=O)N3C(C(=O)O)=CCS[C@H]23)cs1.[Na+]. The van der Waals surface area contributed by atoms with Gasteiger partial charge in [-0.15, -0.1) is 23.1 Å². The van der Waals surface area contributed by atoms with E-state index in [2.05, 4.69) is 9.98 Å². The number of anilines is 1. The Morgan fingerprint density at radius 1 is 1.39 bits per heavy atom. The number of nitrogen functional groups attached to an aromatic ring is 1. The van der Waals surface area contributed by atoms with Crippen LogP contribution in [-0.2, 0) is 9.59 Å². The predicted molar refractivity (Wildman–Crippen MR) is 116 cm³/mol. The number of nitrogens with two attached hydrogens (primary N) is 1. The Hall–Kier alpha value is -1.33. The number of nitrogens with zero attached hydrogens (tertiary/aromatic N) is 3. The van der Waals surface area contributed by atoms with Gasteiger partial charge in [0.05, 0.1) is 5.69 Å². The number of carbonyl (C=O) groups excluding carboxylic acids is 1. The Labute approximate surface area is 211 Å². The van der Waals surface area contributed by atoms with Crippen LogP contribution in [0.15, 0.2) is 28.2 Å². The van der Waals surface area contributed by atoms with Gasteiger partial charge in [-0.25, -0.2) is 9.78 Å².